The average molecular weight is 570 g/mol. The highest BCUT2D eigenvalue weighted by molar-refractivity contribution is 5.77. The van der Waals surface area contributed by atoms with Gasteiger partial charge in [0.25, 0.3) is 5.56 Å². The SMILES string of the molecule is N#Cc1ccc(N2CCN(C(=O)COCCOc3cccc4c3CN(c3cn[nH]c(=O)c3C(F)(F)F)C4)CC2)nc1. The number of halogens is 3. The highest BCUT2D eigenvalue weighted by atomic mass is 19.4. The van der Waals surface area contributed by atoms with Gasteiger partial charge in [0.15, 0.2) is 0 Å². The molecule has 0 unspecified atom stereocenters. The van der Waals surface area contributed by atoms with Gasteiger partial charge >= 0.3 is 6.18 Å². The number of carbonyl (C=O) groups is 1. The van der Waals surface area contributed by atoms with E-state index in [0.717, 1.165) is 17.6 Å². The molecule has 1 aromatic carbocycles. The number of hydrogen-bond donors (Lipinski definition) is 1. The number of H-pyrrole nitrogens is 1. The Morgan fingerprint density at radius 2 is 1.85 bits per heavy atom. The summed E-state index contributed by atoms with van der Waals surface area (Å²) in [5, 5.41) is 14.3. The van der Waals surface area contributed by atoms with Crippen molar-refractivity contribution in [3.8, 4) is 11.8 Å². The van der Waals surface area contributed by atoms with Crippen LogP contribution in [0.25, 0.3) is 0 Å². The van der Waals surface area contributed by atoms with Crippen LogP contribution in [0.3, 0.4) is 0 Å². The Morgan fingerprint density at radius 1 is 1.05 bits per heavy atom. The smallest absolute Gasteiger partial charge is 0.423 e. The van der Waals surface area contributed by atoms with Gasteiger partial charge in [-0.25, -0.2) is 10.1 Å². The summed E-state index contributed by atoms with van der Waals surface area (Å²) < 4.78 is 52.0. The zero-order valence-electron chi connectivity index (χ0n) is 21.9. The maximum absolute atomic E-state index is 13.5. The third-order valence-corrected chi connectivity index (χ3v) is 6.94. The Hall–Kier alpha value is -4.64. The van der Waals surface area contributed by atoms with E-state index in [1.54, 1.807) is 35.2 Å². The molecule has 4 heterocycles. The molecule has 0 spiro atoms. The van der Waals surface area contributed by atoms with Gasteiger partial charge in [0.05, 0.1) is 24.1 Å². The number of ether oxygens (including phenoxy) is 2. The third-order valence-electron chi connectivity index (χ3n) is 6.94. The number of amides is 1. The number of anilines is 2. The standard InChI is InChI=1S/C27H26F3N7O4/c28-27(29,30)25-21(14-33-34-26(25)39)37-15-19-2-1-3-22(20(19)16-37)41-11-10-40-17-24(38)36-8-6-35(7-9-36)23-5-4-18(12-31)13-32-23/h1-5,13-14H,6-11,15-17H2,(H,34,39). The van der Waals surface area contributed by atoms with Crippen molar-refractivity contribution in [2.24, 2.45) is 0 Å². The van der Waals surface area contributed by atoms with E-state index < -0.39 is 17.3 Å². The Morgan fingerprint density at radius 3 is 2.56 bits per heavy atom. The van der Waals surface area contributed by atoms with Crippen LogP contribution in [0, 0.1) is 11.3 Å². The number of rotatable bonds is 8. The summed E-state index contributed by atoms with van der Waals surface area (Å²) in [4.78, 5) is 34.0. The highest BCUT2D eigenvalue weighted by Gasteiger charge is 2.40. The number of fused-ring (bicyclic) bond motifs is 1. The molecule has 2 aliphatic heterocycles. The third kappa shape index (κ3) is 6.25. The van der Waals surface area contributed by atoms with Crippen LogP contribution in [0.5, 0.6) is 5.75 Å². The number of hydrogen-bond acceptors (Lipinski definition) is 9. The quantitative estimate of drug-likeness (QED) is 0.407. The largest absolute Gasteiger partial charge is 0.491 e. The lowest BCUT2D eigenvalue weighted by Gasteiger charge is -2.35. The van der Waals surface area contributed by atoms with Gasteiger partial charge < -0.3 is 24.2 Å². The lowest BCUT2D eigenvalue weighted by atomic mass is 10.1. The fraction of sp³-hybridized carbons (Fsp3) is 0.370. The fourth-order valence-corrected chi connectivity index (χ4v) is 4.88. The number of aromatic amines is 1. The van der Waals surface area contributed by atoms with E-state index in [2.05, 4.69) is 15.0 Å². The summed E-state index contributed by atoms with van der Waals surface area (Å²) in [6, 6.07) is 10.8. The van der Waals surface area contributed by atoms with Crippen LogP contribution in [0.1, 0.15) is 22.3 Å². The molecule has 2 aromatic heterocycles. The monoisotopic (exact) mass is 569 g/mol. The second-order valence-electron chi connectivity index (χ2n) is 9.49. The molecule has 11 nitrogen and oxygen atoms in total. The topological polar surface area (TPSA) is 128 Å². The van der Waals surface area contributed by atoms with Gasteiger partial charge in [-0.15, -0.1) is 0 Å². The summed E-state index contributed by atoms with van der Waals surface area (Å²) >= 11 is 0. The van der Waals surface area contributed by atoms with E-state index in [-0.39, 0.29) is 44.5 Å². The second-order valence-corrected chi connectivity index (χ2v) is 9.49. The summed E-state index contributed by atoms with van der Waals surface area (Å²) in [6.07, 6.45) is -2.30. The van der Waals surface area contributed by atoms with Gasteiger partial charge in [-0.2, -0.15) is 23.5 Å². The molecule has 3 aromatic rings. The van der Waals surface area contributed by atoms with Gasteiger partial charge in [0.2, 0.25) is 5.91 Å². The lowest BCUT2D eigenvalue weighted by molar-refractivity contribution is -0.138. The average Bonchev–Trinajstić information content (AvgIpc) is 3.41. The number of piperazine rings is 1. The molecule has 2 aliphatic rings. The van der Waals surface area contributed by atoms with Crippen molar-refractivity contribution >= 4 is 17.4 Å². The maximum atomic E-state index is 13.5. The molecule has 41 heavy (non-hydrogen) atoms. The second kappa shape index (κ2) is 11.8. The van der Waals surface area contributed by atoms with Crippen molar-refractivity contribution in [1.82, 2.24) is 20.1 Å². The molecule has 0 atom stereocenters. The Bertz CT molecular complexity index is 1500. The molecule has 5 rings (SSSR count). The van der Waals surface area contributed by atoms with Crippen LogP contribution >= 0.6 is 0 Å². The molecule has 214 valence electrons. The number of alkyl halides is 3. The van der Waals surface area contributed by atoms with Crippen LogP contribution in [0.4, 0.5) is 24.7 Å². The van der Waals surface area contributed by atoms with Gasteiger partial charge in [-0.3, -0.25) is 9.59 Å². The highest BCUT2D eigenvalue weighted by Crippen LogP contribution is 2.39. The number of carbonyl (C=O) groups excluding carboxylic acids is 1. The molecular formula is C27H26F3N7O4. The number of benzene rings is 1. The van der Waals surface area contributed by atoms with Crippen LogP contribution < -0.4 is 20.1 Å². The predicted octanol–water partition coefficient (Wildman–Crippen LogP) is 2.32. The minimum absolute atomic E-state index is 0.102. The summed E-state index contributed by atoms with van der Waals surface area (Å²) in [5.41, 5.74) is -0.884. The van der Waals surface area contributed by atoms with Crippen molar-refractivity contribution in [3.63, 3.8) is 0 Å². The van der Waals surface area contributed by atoms with Gasteiger partial charge in [-0.1, -0.05) is 12.1 Å². The van der Waals surface area contributed by atoms with Crippen LogP contribution in [-0.2, 0) is 28.8 Å². The first-order chi connectivity index (χ1) is 19.7. The molecule has 1 N–H and O–H groups in total. The molecule has 14 heteroatoms. The van der Waals surface area contributed by atoms with Crippen LogP contribution in [0.15, 0.2) is 47.5 Å². The number of nitrogens with one attached hydrogen (secondary N) is 1. The van der Waals surface area contributed by atoms with Crippen LogP contribution in [0.2, 0.25) is 0 Å². The van der Waals surface area contributed by atoms with Crippen molar-refractivity contribution in [2.75, 3.05) is 55.8 Å². The number of pyridine rings is 1. The van der Waals surface area contributed by atoms with Gasteiger partial charge in [0.1, 0.15) is 36.4 Å². The summed E-state index contributed by atoms with van der Waals surface area (Å²) in [7, 11) is 0. The van der Waals surface area contributed by atoms with Crippen LogP contribution in [-0.4, -0.2) is 72.0 Å². The lowest BCUT2D eigenvalue weighted by Crippen LogP contribution is -2.50. The fourth-order valence-electron chi connectivity index (χ4n) is 4.88. The predicted molar refractivity (Wildman–Crippen MR) is 140 cm³/mol. The maximum Gasteiger partial charge on any atom is 0.423 e. The van der Waals surface area contributed by atoms with E-state index in [1.807, 2.05) is 11.2 Å². The Kier molecular flexibility index (Phi) is 8.06. The zero-order chi connectivity index (χ0) is 29.0. The minimum atomic E-state index is -4.83. The number of aromatic nitrogens is 3. The molecule has 1 amide bonds. The molecule has 0 aliphatic carbocycles. The number of nitriles is 1. The van der Waals surface area contributed by atoms with E-state index in [1.165, 1.54) is 11.1 Å². The first-order valence-electron chi connectivity index (χ1n) is 12.8. The molecule has 0 radical (unpaired) electrons. The molecule has 0 bridgehead atoms. The Labute approximate surface area is 232 Å². The van der Waals surface area contributed by atoms with E-state index in [9.17, 15) is 22.8 Å². The molecule has 1 saturated heterocycles. The van der Waals surface area contributed by atoms with Crippen molar-refractivity contribution < 1.29 is 27.4 Å². The molecule has 0 saturated carbocycles. The molecular weight excluding hydrogens is 543 g/mol. The van der Waals surface area contributed by atoms with E-state index in [4.69, 9.17) is 14.7 Å². The first kappa shape index (κ1) is 27.9. The van der Waals surface area contributed by atoms with Crippen molar-refractivity contribution in [3.05, 3.63) is 75.3 Å². The van der Waals surface area contributed by atoms with Crippen molar-refractivity contribution in [1.29, 1.82) is 5.26 Å². The van der Waals surface area contributed by atoms with E-state index >= 15 is 0 Å². The van der Waals surface area contributed by atoms with E-state index in [0.29, 0.717) is 43.1 Å². The Balaban J connectivity index is 1.08. The van der Waals surface area contributed by atoms with Crippen molar-refractivity contribution in [2.45, 2.75) is 19.3 Å². The zero-order valence-corrected chi connectivity index (χ0v) is 21.9. The minimum Gasteiger partial charge on any atom is -0.491 e. The molecule has 1 fully saturated rings. The van der Waals surface area contributed by atoms with Gasteiger partial charge in [0, 0.05) is 51.0 Å². The first-order valence-corrected chi connectivity index (χ1v) is 12.8. The van der Waals surface area contributed by atoms with Gasteiger partial charge in [-0.05, 0) is 23.8 Å². The summed E-state index contributed by atoms with van der Waals surface area (Å²) in [5.74, 6) is 1.12. The normalized spacial score (nSPS) is 15.0. The number of nitrogens with zero attached hydrogens (tertiary/aromatic N) is 6. The summed E-state index contributed by atoms with van der Waals surface area (Å²) in [6.45, 7) is 2.73.